The first-order chi connectivity index (χ1) is 14.7. The first-order valence-electron chi connectivity index (χ1n) is 9.68. The zero-order chi connectivity index (χ0) is 22.4. The van der Waals surface area contributed by atoms with Gasteiger partial charge in [-0.05, 0) is 60.2 Å². The zero-order valence-corrected chi connectivity index (χ0v) is 18.1. The molecule has 2 atom stereocenters. The van der Waals surface area contributed by atoms with Crippen LogP contribution in [0, 0.1) is 5.92 Å². The van der Waals surface area contributed by atoms with Gasteiger partial charge < -0.3 is 26.2 Å². The summed E-state index contributed by atoms with van der Waals surface area (Å²) in [6.45, 7) is 1.73. The number of aromatic carboxylic acids is 2. The van der Waals surface area contributed by atoms with E-state index in [2.05, 4.69) is 26.2 Å². The Bertz CT molecular complexity index is 1250. The number of amides is 1. The van der Waals surface area contributed by atoms with Crippen LogP contribution in [0.4, 0.5) is 11.4 Å². The Labute approximate surface area is 185 Å². The minimum absolute atomic E-state index is 0.0809. The van der Waals surface area contributed by atoms with Crippen molar-refractivity contribution in [3.05, 3.63) is 57.2 Å². The predicted molar refractivity (Wildman–Crippen MR) is 120 cm³/mol. The summed E-state index contributed by atoms with van der Waals surface area (Å²) in [6.07, 6.45) is 1.29. The zero-order valence-electron chi connectivity index (χ0n) is 16.5. The van der Waals surface area contributed by atoms with Crippen LogP contribution in [-0.4, -0.2) is 33.0 Å². The lowest BCUT2D eigenvalue weighted by Crippen LogP contribution is -2.29. The first kappa shape index (κ1) is 20.9. The third-order valence-corrected chi connectivity index (χ3v) is 6.30. The van der Waals surface area contributed by atoms with Crippen molar-refractivity contribution in [2.75, 3.05) is 11.1 Å². The van der Waals surface area contributed by atoms with E-state index in [1.807, 2.05) is 12.1 Å². The third-order valence-electron chi connectivity index (χ3n) is 5.84. The number of carboxylic acid groups (broad SMARTS) is 2. The Morgan fingerprint density at radius 2 is 1.94 bits per heavy atom. The Balaban J connectivity index is 1.72. The largest absolute Gasteiger partial charge is 0.478 e. The Morgan fingerprint density at radius 3 is 2.61 bits per heavy atom. The van der Waals surface area contributed by atoms with E-state index < -0.39 is 17.9 Å². The van der Waals surface area contributed by atoms with Gasteiger partial charge in [-0.15, -0.1) is 0 Å². The SMILES string of the molecule is CC(C(=O)Nc1ccc(N)cc1C(=O)O)C1CCc2cc(Br)cc3[nH]c(C(=O)O)c1c23. The lowest BCUT2D eigenvalue weighted by atomic mass is 9.76. The number of hydrogen-bond donors (Lipinski definition) is 5. The van der Waals surface area contributed by atoms with Gasteiger partial charge in [0.15, 0.2) is 0 Å². The Kier molecular flexibility index (Phi) is 5.22. The van der Waals surface area contributed by atoms with Crippen LogP contribution >= 0.6 is 15.9 Å². The van der Waals surface area contributed by atoms with E-state index in [-0.39, 0.29) is 34.5 Å². The van der Waals surface area contributed by atoms with E-state index >= 15 is 0 Å². The number of carbonyl (C=O) groups excluding carboxylic acids is 1. The molecule has 9 heteroatoms. The number of halogens is 1. The second kappa shape index (κ2) is 7.73. The molecule has 0 spiro atoms. The molecule has 1 amide bonds. The lowest BCUT2D eigenvalue weighted by Gasteiger charge is -2.28. The molecule has 1 heterocycles. The predicted octanol–water partition coefficient (Wildman–Crippen LogP) is 4.21. The molecule has 3 aromatic rings. The number of carbonyl (C=O) groups is 3. The molecule has 160 valence electrons. The summed E-state index contributed by atoms with van der Waals surface area (Å²) in [4.78, 5) is 39.5. The number of nitrogens with one attached hydrogen (secondary N) is 2. The first-order valence-corrected chi connectivity index (χ1v) is 10.5. The van der Waals surface area contributed by atoms with Crippen LogP contribution in [0.3, 0.4) is 0 Å². The van der Waals surface area contributed by atoms with Crippen molar-refractivity contribution in [1.29, 1.82) is 0 Å². The molecule has 2 aromatic carbocycles. The van der Waals surface area contributed by atoms with Crippen LogP contribution in [0.25, 0.3) is 10.9 Å². The molecule has 0 fully saturated rings. The van der Waals surface area contributed by atoms with Crippen LogP contribution < -0.4 is 11.1 Å². The monoisotopic (exact) mass is 485 g/mol. The van der Waals surface area contributed by atoms with Crippen molar-refractivity contribution < 1.29 is 24.6 Å². The maximum atomic E-state index is 13.1. The minimum Gasteiger partial charge on any atom is -0.478 e. The molecule has 2 unspecified atom stereocenters. The van der Waals surface area contributed by atoms with Gasteiger partial charge in [-0.1, -0.05) is 22.9 Å². The molecule has 1 aliphatic carbocycles. The van der Waals surface area contributed by atoms with Crippen molar-refractivity contribution in [1.82, 2.24) is 4.98 Å². The normalized spacial score (nSPS) is 16.1. The van der Waals surface area contributed by atoms with E-state index in [1.165, 1.54) is 18.2 Å². The van der Waals surface area contributed by atoms with Crippen molar-refractivity contribution in [3.8, 4) is 0 Å². The number of aromatic nitrogens is 1. The molecule has 31 heavy (non-hydrogen) atoms. The molecule has 6 N–H and O–H groups in total. The highest BCUT2D eigenvalue weighted by Crippen LogP contribution is 2.44. The molecule has 0 saturated carbocycles. The molecule has 0 radical (unpaired) electrons. The fraction of sp³-hybridized carbons (Fsp3) is 0.227. The van der Waals surface area contributed by atoms with Crippen molar-refractivity contribution in [2.24, 2.45) is 5.92 Å². The molecule has 1 aromatic heterocycles. The Morgan fingerprint density at radius 1 is 1.19 bits per heavy atom. The van der Waals surface area contributed by atoms with E-state index in [4.69, 9.17) is 5.73 Å². The molecule has 0 aliphatic heterocycles. The van der Waals surface area contributed by atoms with E-state index in [9.17, 15) is 24.6 Å². The molecule has 0 saturated heterocycles. The van der Waals surface area contributed by atoms with Gasteiger partial charge in [-0.3, -0.25) is 4.79 Å². The summed E-state index contributed by atoms with van der Waals surface area (Å²) >= 11 is 3.46. The molecular weight excluding hydrogens is 466 g/mol. The standard InChI is InChI=1S/C22H20BrN3O5/c1-9(20(27)26-15-5-3-12(24)8-14(15)21(28)29)13-4-2-10-6-11(23)7-16-17(10)18(13)19(25-16)22(30)31/h3,5-9,13,25H,2,4,24H2,1H3,(H,26,27)(H,28,29)(H,30,31). The maximum Gasteiger partial charge on any atom is 0.352 e. The molecule has 4 rings (SSSR count). The fourth-order valence-electron chi connectivity index (χ4n) is 4.38. The van der Waals surface area contributed by atoms with Gasteiger partial charge in [-0.25, -0.2) is 9.59 Å². The number of carboxylic acids is 2. The third kappa shape index (κ3) is 3.65. The smallest absolute Gasteiger partial charge is 0.352 e. The van der Waals surface area contributed by atoms with E-state index in [0.717, 1.165) is 15.4 Å². The number of benzene rings is 2. The average Bonchev–Trinajstić information content (AvgIpc) is 3.09. The van der Waals surface area contributed by atoms with Gasteiger partial charge in [0.05, 0.1) is 11.3 Å². The number of anilines is 2. The average molecular weight is 486 g/mol. The summed E-state index contributed by atoms with van der Waals surface area (Å²) in [6, 6.07) is 8.05. The van der Waals surface area contributed by atoms with Gasteiger partial charge in [0.2, 0.25) is 5.91 Å². The van der Waals surface area contributed by atoms with Gasteiger partial charge in [0.25, 0.3) is 0 Å². The molecule has 8 nitrogen and oxygen atoms in total. The number of aryl methyl sites for hydroxylation is 1. The second-order valence-corrected chi connectivity index (χ2v) is 8.66. The minimum atomic E-state index is -1.20. The summed E-state index contributed by atoms with van der Waals surface area (Å²) in [5.41, 5.74) is 8.43. The molecular formula is C22H20BrN3O5. The van der Waals surface area contributed by atoms with Gasteiger partial charge in [-0.2, -0.15) is 0 Å². The summed E-state index contributed by atoms with van der Waals surface area (Å²) in [5.74, 6) is -3.60. The topological polar surface area (TPSA) is 146 Å². The molecule has 0 bridgehead atoms. The molecule has 1 aliphatic rings. The van der Waals surface area contributed by atoms with Crippen LogP contribution in [0.1, 0.15) is 51.2 Å². The van der Waals surface area contributed by atoms with Crippen LogP contribution in [0.2, 0.25) is 0 Å². The maximum absolute atomic E-state index is 13.1. The highest BCUT2D eigenvalue weighted by molar-refractivity contribution is 9.10. The number of nitrogens with two attached hydrogens (primary N) is 1. The van der Waals surface area contributed by atoms with Gasteiger partial charge in [0, 0.05) is 27.0 Å². The van der Waals surface area contributed by atoms with Crippen LogP contribution in [0.15, 0.2) is 34.8 Å². The van der Waals surface area contributed by atoms with Gasteiger partial charge in [0.1, 0.15) is 5.69 Å². The highest BCUT2D eigenvalue weighted by Gasteiger charge is 2.35. The second-order valence-electron chi connectivity index (χ2n) is 7.74. The summed E-state index contributed by atoms with van der Waals surface area (Å²) in [5, 5.41) is 22.7. The number of rotatable bonds is 5. The van der Waals surface area contributed by atoms with E-state index in [0.29, 0.717) is 23.9 Å². The number of nitrogen functional groups attached to an aromatic ring is 1. The summed E-state index contributed by atoms with van der Waals surface area (Å²) in [7, 11) is 0. The van der Waals surface area contributed by atoms with Gasteiger partial charge >= 0.3 is 11.9 Å². The quantitative estimate of drug-likeness (QED) is 0.342. The number of hydrogen-bond acceptors (Lipinski definition) is 4. The van der Waals surface area contributed by atoms with Crippen molar-refractivity contribution >= 4 is 56.1 Å². The number of H-pyrrole nitrogens is 1. The lowest BCUT2D eigenvalue weighted by molar-refractivity contribution is -0.120. The van der Waals surface area contributed by atoms with Crippen LogP contribution in [0.5, 0.6) is 0 Å². The van der Waals surface area contributed by atoms with Crippen molar-refractivity contribution in [3.63, 3.8) is 0 Å². The highest BCUT2D eigenvalue weighted by atomic mass is 79.9. The fourth-order valence-corrected chi connectivity index (χ4v) is 4.88. The Hall–Kier alpha value is -3.33. The van der Waals surface area contributed by atoms with Crippen LogP contribution in [-0.2, 0) is 11.2 Å². The van der Waals surface area contributed by atoms with E-state index in [1.54, 1.807) is 6.92 Å². The number of aromatic amines is 1. The van der Waals surface area contributed by atoms with Crippen molar-refractivity contribution in [2.45, 2.75) is 25.7 Å². The summed E-state index contributed by atoms with van der Waals surface area (Å²) < 4.78 is 0.855.